The second-order valence-electron chi connectivity index (χ2n) is 2.52. The van der Waals surface area contributed by atoms with Crippen LogP contribution < -0.4 is 0 Å². The average molecular weight is 105 g/mol. The Labute approximate surface area is 49.9 Å². The Morgan fingerprint density at radius 2 is 2.38 bits per heavy atom. The Morgan fingerprint density at radius 3 is 2.75 bits per heavy atom. The van der Waals surface area contributed by atoms with Crippen LogP contribution in [0.3, 0.4) is 0 Å². The van der Waals surface area contributed by atoms with E-state index in [1.54, 1.807) is 11.1 Å². The first-order valence-electron chi connectivity index (χ1n) is 3.21. The molecule has 0 saturated heterocycles. The van der Waals surface area contributed by atoms with Gasteiger partial charge in [-0.3, -0.25) is 0 Å². The molecule has 41 valence electrons. The van der Waals surface area contributed by atoms with Crippen molar-refractivity contribution >= 4 is 0 Å². The number of allylic oxidation sites excluding steroid dienone is 4. The van der Waals surface area contributed by atoms with Crippen LogP contribution in [-0.4, -0.2) is 0 Å². The standard InChI is InChI=1S/C8H9/c1-2-7(3-1)6-8-4-5-8/h4H,1-2,5-6H2. The van der Waals surface area contributed by atoms with Crippen LogP contribution in [0.2, 0.25) is 0 Å². The minimum absolute atomic E-state index is 1.21. The van der Waals surface area contributed by atoms with Crippen LogP contribution in [0.15, 0.2) is 17.2 Å². The van der Waals surface area contributed by atoms with Gasteiger partial charge in [0.15, 0.2) is 0 Å². The molecule has 0 nitrogen and oxygen atoms in total. The maximum absolute atomic E-state index is 3.29. The molecule has 0 heteroatoms. The van der Waals surface area contributed by atoms with E-state index in [1.165, 1.54) is 25.7 Å². The largest absolute Gasteiger partial charge is 0.0806 e. The Morgan fingerprint density at radius 1 is 1.62 bits per heavy atom. The van der Waals surface area contributed by atoms with Crippen molar-refractivity contribution in [2.24, 2.45) is 0 Å². The van der Waals surface area contributed by atoms with Crippen molar-refractivity contribution in [3.05, 3.63) is 23.3 Å². The third kappa shape index (κ3) is 0.706. The smallest absolute Gasteiger partial charge is 0.00992 e. The van der Waals surface area contributed by atoms with Crippen molar-refractivity contribution in [3.8, 4) is 0 Å². The molecular weight excluding hydrogens is 96.1 g/mol. The molecule has 0 amide bonds. The Balaban J connectivity index is 1.90. The molecule has 2 aliphatic carbocycles. The van der Waals surface area contributed by atoms with Gasteiger partial charge >= 0.3 is 0 Å². The van der Waals surface area contributed by atoms with E-state index >= 15 is 0 Å². The summed E-state index contributed by atoms with van der Waals surface area (Å²) in [5, 5.41) is 0. The van der Waals surface area contributed by atoms with Gasteiger partial charge in [-0.2, -0.15) is 0 Å². The average Bonchev–Trinajstić information content (AvgIpc) is 2.36. The molecule has 0 saturated carbocycles. The molecule has 2 aliphatic rings. The lowest BCUT2D eigenvalue weighted by Gasteiger charge is -2.10. The van der Waals surface area contributed by atoms with E-state index in [4.69, 9.17) is 0 Å². The fourth-order valence-corrected chi connectivity index (χ4v) is 0.943. The first kappa shape index (κ1) is 4.37. The first-order chi connectivity index (χ1) is 3.95. The van der Waals surface area contributed by atoms with Crippen LogP contribution >= 0.6 is 0 Å². The molecule has 8 heavy (non-hydrogen) atoms. The van der Waals surface area contributed by atoms with Gasteiger partial charge in [-0.1, -0.05) is 17.2 Å². The maximum Gasteiger partial charge on any atom is -0.00992 e. The minimum Gasteiger partial charge on any atom is -0.0806 e. The van der Waals surface area contributed by atoms with E-state index in [2.05, 4.69) is 12.2 Å². The number of rotatable bonds is 2. The maximum atomic E-state index is 3.29. The topological polar surface area (TPSA) is 0 Å². The van der Waals surface area contributed by atoms with Gasteiger partial charge in [0, 0.05) is 0 Å². The molecule has 0 N–H and O–H groups in total. The van der Waals surface area contributed by atoms with Crippen LogP contribution in [0.5, 0.6) is 0 Å². The Bertz CT molecular complexity index is 161. The molecule has 0 bridgehead atoms. The van der Waals surface area contributed by atoms with Gasteiger partial charge in [-0.05, 0) is 31.8 Å². The van der Waals surface area contributed by atoms with E-state index in [1.807, 2.05) is 0 Å². The third-order valence-corrected chi connectivity index (χ3v) is 1.74. The lowest BCUT2D eigenvalue weighted by Crippen LogP contribution is -1.92. The SMILES string of the molecule is [C]1=C(CC2=CC2)CC1. The van der Waals surface area contributed by atoms with E-state index in [9.17, 15) is 0 Å². The zero-order chi connectivity index (χ0) is 5.40. The van der Waals surface area contributed by atoms with Crippen LogP contribution in [0.1, 0.15) is 25.7 Å². The highest BCUT2D eigenvalue weighted by Crippen LogP contribution is 2.31. The number of hydrogen-bond acceptors (Lipinski definition) is 0. The van der Waals surface area contributed by atoms with Crippen molar-refractivity contribution in [2.75, 3.05) is 0 Å². The molecule has 1 radical (unpaired) electrons. The van der Waals surface area contributed by atoms with Gasteiger partial charge in [0.25, 0.3) is 0 Å². The van der Waals surface area contributed by atoms with Crippen LogP contribution in [0.25, 0.3) is 0 Å². The van der Waals surface area contributed by atoms with E-state index < -0.39 is 0 Å². The van der Waals surface area contributed by atoms with E-state index in [0.717, 1.165) is 0 Å². The lowest BCUT2D eigenvalue weighted by molar-refractivity contribution is 0.805. The van der Waals surface area contributed by atoms with Gasteiger partial charge in [0.2, 0.25) is 0 Å². The van der Waals surface area contributed by atoms with Crippen molar-refractivity contribution in [1.29, 1.82) is 0 Å². The normalized spacial score (nSPS) is 23.5. The van der Waals surface area contributed by atoms with Gasteiger partial charge in [0.05, 0.1) is 0 Å². The van der Waals surface area contributed by atoms with Crippen LogP contribution in [0, 0.1) is 6.08 Å². The van der Waals surface area contributed by atoms with Crippen molar-refractivity contribution in [3.63, 3.8) is 0 Å². The van der Waals surface area contributed by atoms with E-state index in [0.29, 0.717) is 0 Å². The lowest BCUT2D eigenvalue weighted by atomic mass is 9.95. The van der Waals surface area contributed by atoms with Gasteiger partial charge in [-0.25, -0.2) is 0 Å². The second-order valence-corrected chi connectivity index (χ2v) is 2.52. The molecule has 0 aromatic rings. The Hall–Kier alpha value is -0.520. The van der Waals surface area contributed by atoms with Gasteiger partial charge in [-0.15, -0.1) is 0 Å². The summed E-state index contributed by atoms with van der Waals surface area (Å²) in [6.45, 7) is 0. The highest BCUT2D eigenvalue weighted by molar-refractivity contribution is 5.28. The zero-order valence-electron chi connectivity index (χ0n) is 4.91. The van der Waals surface area contributed by atoms with E-state index in [-0.39, 0.29) is 0 Å². The van der Waals surface area contributed by atoms with Crippen molar-refractivity contribution in [2.45, 2.75) is 25.7 Å². The summed E-state index contributed by atoms with van der Waals surface area (Å²) in [6, 6.07) is 0. The summed E-state index contributed by atoms with van der Waals surface area (Å²) in [6.07, 6.45) is 10.7. The first-order valence-corrected chi connectivity index (χ1v) is 3.21. The van der Waals surface area contributed by atoms with Crippen molar-refractivity contribution < 1.29 is 0 Å². The highest BCUT2D eigenvalue weighted by atomic mass is 14.2. The van der Waals surface area contributed by atoms with Crippen LogP contribution in [0.4, 0.5) is 0 Å². The molecule has 0 unspecified atom stereocenters. The molecule has 0 heterocycles. The molecule has 0 atom stereocenters. The number of hydrogen-bond donors (Lipinski definition) is 0. The fourth-order valence-electron chi connectivity index (χ4n) is 0.943. The molecule has 0 aromatic heterocycles. The Kier molecular flexibility index (Phi) is 0.806. The van der Waals surface area contributed by atoms with Gasteiger partial charge < -0.3 is 0 Å². The summed E-state index contributed by atoms with van der Waals surface area (Å²) < 4.78 is 0. The van der Waals surface area contributed by atoms with Gasteiger partial charge in [0.1, 0.15) is 0 Å². The summed E-state index contributed by atoms with van der Waals surface area (Å²) >= 11 is 0. The molecule has 0 spiro atoms. The summed E-state index contributed by atoms with van der Waals surface area (Å²) in [4.78, 5) is 0. The second kappa shape index (κ2) is 1.48. The summed E-state index contributed by atoms with van der Waals surface area (Å²) in [5.74, 6) is 0. The zero-order valence-corrected chi connectivity index (χ0v) is 4.91. The summed E-state index contributed by atoms with van der Waals surface area (Å²) in [5.41, 5.74) is 3.18. The predicted molar refractivity (Wildman–Crippen MR) is 33.3 cm³/mol. The van der Waals surface area contributed by atoms with Crippen molar-refractivity contribution in [1.82, 2.24) is 0 Å². The van der Waals surface area contributed by atoms with Crippen LogP contribution in [-0.2, 0) is 0 Å². The third-order valence-electron chi connectivity index (χ3n) is 1.74. The molecule has 0 aliphatic heterocycles. The fraction of sp³-hybridized carbons (Fsp3) is 0.500. The summed E-state index contributed by atoms with van der Waals surface area (Å²) in [7, 11) is 0. The monoisotopic (exact) mass is 105 g/mol. The molecule has 0 fully saturated rings. The molecule has 0 aromatic carbocycles. The minimum atomic E-state index is 1.21. The molecule has 2 rings (SSSR count). The molecular formula is C8H9. The predicted octanol–water partition coefficient (Wildman–Crippen LogP) is 2.23. The highest BCUT2D eigenvalue weighted by Gasteiger charge is 2.12. The quantitative estimate of drug-likeness (QED) is 0.472.